The number of hydrogen-bond acceptors (Lipinski definition) is 4. The Labute approximate surface area is 114 Å². The Bertz CT molecular complexity index is 676. The van der Waals surface area contributed by atoms with Crippen molar-refractivity contribution in [1.29, 1.82) is 0 Å². The Morgan fingerprint density at radius 3 is 2.89 bits per heavy atom. The van der Waals surface area contributed by atoms with E-state index in [1.165, 1.54) is 0 Å². The van der Waals surface area contributed by atoms with E-state index in [1.54, 1.807) is 6.92 Å². The van der Waals surface area contributed by atoms with Gasteiger partial charge in [-0.05, 0) is 13.3 Å². The zero-order valence-corrected chi connectivity index (χ0v) is 11.4. The first-order valence-corrected chi connectivity index (χ1v) is 6.35. The first-order valence-electron chi connectivity index (χ1n) is 5.97. The smallest absolute Gasteiger partial charge is 0.293 e. The van der Waals surface area contributed by atoms with Crippen molar-refractivity contribution in [2.45, 2.75) is 33.1 Å². The quantitative estimate of drug-likeness (QED) is 0.889. The Kier molecular flexibility index (Phi) is 3.84. The number of nitrogens with one attached hydrogen (secondary N) is 2. The van der Waals surface area contributed by atoms with Gasteiger partial charge in [0.25, 0.3) is 11.3 Å². The van der Waals surface area contributed by atoms with Crippen LogP contribution in [0, 0.1) is 6.92 Å². The van der Waals surface area contributed by atoms with Crippen LogP contribution in [0.15, 0.2) is 4.79 Å². The van der Waals surface area contributed by atoms with Crippen LogP contribution < -0.4 is 10.9 Å². The minimum absolute atomic E-state index is 0.0324. The molecule has 0 aliphatic carbocycles. The summed E-state index contributed by atoms with van der Waals surface area (Å²) < 4.78 is 1.10. The summed E-state index contributed by atoms with van der Waals surface area (Å²) in [5.74, 6) is 0.210. The van der Waals surface area contributed by atoms with E-state index in [9.17, 15) is 9.59 Å². The van der Waals surface area contributed by atoms with E-state index >= 15 is 0 Å². The van der Waals surface area contributed by atoms with Gasteiger partial charge in [0.2, 0.25) is 11.9 Å². The molecule has 1 amide bonds. The highest BCUT2D eigenvalue weighted by molar-refractivity contribution is 6.31. The predicted octanol–water partition coefficient (Wildman–Crippen LogP) is 1.51. The maximum absolute atomic E-state index is 11.8. The number of aryl methyl sites for hydroxylation is 1. The number of anilines is 1. The number of hydrogen-bond donors (Lipinski definition) is 2. The molecule has 0 saturated heterocycles. The van der Waals surface area contributed by atoms with E-state index in [4.69, 9.17) is 11.6 Å². The number of amides is 1. The molecule has 102 valence electrons. The molecule has 2 rings (SSSR count). The maximum atomic E-state index is 11.8. The summed E-state index contributed by atoms with van der Waals surface area (Å²) in [6.07, 6.45) is 2.15. The number of H-pyrrole nitrogens is 1. The number of rotatable bonds is 4. The van der Waals surface area contributed by atoms with Crippen molar-refractivity contribution < 1.29 is 4.79 Å². The SMILES string of the molecule is CCCCC(=O)Nc1nc2nc(C)c(Cl)c(=O)n2[nH]1. The van der Waals surface area contributed by atoms with Gasteiger partial charge < -0.3 is 0 Å². The first kappa shape index (κ1) is 13.5. The van der Waals surface area contributed by atoms with Crippen LogP contribution in [0.5, 0.6) is 0 Å². The molecule has 2 aromatic heterocycles. The normalized spacial score (nSPS) is 10.9. The zero-order valence-electron chi connectivity index (χ0n) is 10.7. The topological polar surface area (TPSA) is 92.2 Å². The third-order valence-electron chi connectivity index (χ3n) is 2.62. The number of fused-ring (bicyclic) bond motifs is 1. The lowest BCUT2D eigenvalue weighted by Crippen LogP contribution is -2.17. The molecule has 8 heteroatoms. The summed E-state index contributed by atoms with van der Waals surface area (Å²) >= 11 is 5.81. The average molecular weight is 284 g/mol. The molecule has 0 aliphatic heterocycles. The van der Waals surface area contributed by atoms with Crippen LogP contribution in [-0.4, -0.2) is 25.5 Å². The fourth-order valence-electron chi connectivity index (χ4n) is 1.59. The highest BCUT2D eigenvalue weighted by Gasteiger charge is 2.12. The summed E-state index contributed by atoms with van der Waals surface area (Å²) in [5.41, 5.74) is -0.0345. The third kappa shape index (κ3) is 2.76. The van der Waals surface area contributed by atoms with Gasteiger partial charge in [0, 0.05) is 6.42 Å². The number of aromatic nitrogens is 4. The standard InChI is InChI=1S/C11H14ClN5O2/c1-3-4-5-7(18)14-10-15-11-13-6(2)8(12)9(19)17(11)16-10/h3-5H2,1-2H3,(H2,13,14,15,16,18). The maximum Gasteiger partial charge on any atom is 0.293 e. The predicted molar refractivity (Wildman–Crippen MR) is 71.5 cm³/mol. The average Bonchev–Trinajstić information content (AvgIpc) is 2.76. The molecule has 0 radical (unpaired) electrons. The first-order chi connectivity index (χ1) is 9.02. The number of carbonyl (C=O) groups is 1. The second-order valence-corrected chi connectivity index (χ2v) is 4.55. The van der Waals surface area contributed by atoms with E-state index in [-0.39, 0.29) is 22.7 Å². The Balaban J connectivity index is 2.30. The van der Waals surface area contributed by atoms with Gasteiger partial charge in [-0.25, -0.2) is 4.98 Å². The monoisotopic (exact) mass is 283 g/mol. The summed E-state index contributed by atoms with van der Waals surface area (Å²) in [5, 5.41) is 5.27. The van der Waals surface area contributed by atoms with Gasteiger partial charge in [0.15, 0.2) is 0 Å². The van der Waals surface area contributed by atoms with E-state index in [1.807, 2.05) is 6.92 Å². The van der Waals surface area contributed by atoms with Crippen molar-refractivity contribution in [2.24, 2.45) is 0 Å². The van der Waals surface area contributed by atoms with Crippen molar-refractivity contribution >= 4 is 29.2 Å². The molecule has 2 heterocycles. The fraction of sp³-hybridized carbons (Fsp3) is 0.455. The van der Waals surface area contributed by atoms with Crippen LogP contribution in [-0.2, 0) is 4.79 Å². The number of nitrogens with zero attached hydrogens (tertiary/aromatic N) is 3. The van der Waals surface area contributed by atoms with Crippen LogP contribution in [0.2, 0.25) is 5.02 Å². The van der Waals surface area contributed by atoms with Crippen LogP contribution in [0.3, 0.4) is 0 Å². The largest absolute Gasteiger partial charge is 0.295 e. The van der Waals surface area contributed by atoms with E-state index in [2.05, 4.69) is 20.4 Å². The van der Waals surface area contributed by atoms with Crippen molar-refractivity contribution in [3.8, 4) is 0 Å². The van der Waals surface area contributed by atoms with Crippen LogP contribution in [0.4, 0.5) is 5.95 Å². The molecule has 2 aromatic rings. The molecule has 0 spiro atoms. The Morgan fingerprint density at radius 1 is 1.47 bits per heavy atom. The summed E-state index contributed by atoms with van der Waals surface area (Å²) in [6.45, 7) is 3.63. The number of carbonyl (C=O) groups excluding carboxylic acids is 1. The highest BCUT2D eigenvalue weighted by atomic mass is 35.5. The molecule has 0 aliphatic rings. The van der Waals surface area contributed by atoms with Gasteiger partial charge >= 0.3 is 0 Å². The molecule has 0 unspecified atom stereocenters. The molecule has 19 heavy (non-hydrogen) atoms. The number of aromatic amines is 1. The highest BCUT2D eigenvalue weighted by Crippen LogP contribution is 2.09. The molecule has 0 atom stereocenters. The summed E-state index contributed by atoms with van der Waals surface area (Å²) in [6, 6.07) is 0. The van der Waals surface area contributed by atoms with Gasteiger partial charge in [-0.15, -0.1) is 0 Å². The lowest BCUT2D eigenvalue weighted by atomic mass is 10.2. The van der Waals surface area contributed by atoms with E-state index in [0.29, 0.717) is 12.1 Å². The van der Waals surface area contributed by atoms with Gasteiger partial charge in [0.1, 0.15) is 5.02 Å². The molecule has 0 bridgehead atoms. The summed E-state index contributed by atoms with van der Waals surface area (Å²) in [4.78, 5) is 31.5. The van der Waals surface area contributed by atoms with Gasteiger partial charge in [-0.2, -0.15) is 9.50 Å². The summed E-state index contributed by atoms with van der Waals surface area (Å²) in [7, 11) is 0. The molecule has 0 aromatic carbocycles. The third-order valence-corrected chi connectivity index (χ3v) is 3.06. The minimum atomic E-state index is -0.439. The van der Waals surface area contributed by atoms with Crippen LogP contribution in [0.25, 0.3) is 5.78 Å². The molecule has 0 saturated carbocycles. The molecule has 0 fully saturated rings. The molecule has 2 N–H and O–H groups in total. The van der Waals surface area contributed by atoms with Gasteiger partial charge in [-0.1, -0.05) is 24.9 Å². The lowest BCUT2D eigenvalue weighted by molar-refractivity contribution is -0.116. The van der Waals surface area contributed by atoms with Crippen molar-refractivity contribution in [1.82, 2.24) is 19.6 Å². The van der Waals surface area contributed by atoms with Gasteiger partial charge in [0.05, 0.1) is 5.69 Å². The van der Waals surface area contributed by atoms with Crippen molar-refractivity contribution in [2.75, 3.05) is 5.32 Å². The van der Waals surface area contributed by atoms with Crippen LogP contribution >= 0.6 is 11.6 Å². The number of unbranched alkanes of at least 4 members (excludes halogenated alkanes) is 1. The lowest BCUT2D eigenvalue weighted by Gasteiger charge is -1.99. The molecular formula is C11H14ClN5O2. The second-order valence-electron chi connectivity index (χ2n) is 4.18. The molecular weight excluding hydrogens is 270 g/mol. The van der Waals surface area contributed by atoms with Gasteiger partial charge in [-0.3, -0.25) is 20.0 Å². The Morgan fingerprint density at radius 2 is 2.21 bits per heavy atom. The molecule has 7 nitrogen and oxygen atoms in total. The number of halogens is 1. The van der Waals surface area contributed by atoms with Crippen molar-refractivity contribution in [3.63, 3.8) is 0 Å². The fourth-order valence-corrected chi connectivity index (χ4v) is 1.71. The second kappa shape index (κ2) is 5.40. The Hall–Kier alpha value is -1.89. The zero-order chi connectivity index (χ0) is 14.0. The minimum Gasteiger partial charge on any atom is -0.295 e. The van der Waals surface area contributed by atoms with E-state index < -0.39 is 5.56 Å². The van der Waals surface area contributed by atoms with E-state index in [0.717, 1.165) is 17.4 Å². The van der Waals surface area contributed by atoms with Crippen molar-refractivity contribution in [3.05, 3.63) is 21.1 Å². The van der Waals surface area contributed by atoms with Crippen LogP contribution in [0.1, 0.15) is 31.9 Å².